The standard InChI is InChI=1S/C14H17/c1-3-7-13(8-4-1)11-12-14-9-5-2-6-10-14/h5-6,9-13H,1,3-4,7-8H2. The number of hydrogen-bond donors (Lipinski definition) is 0. The molecule has 0 unspecified atom stereocenters. The first-order chi connectivity index (χ1) is 6.95. The van der Waals surface area contributed by atoms with Gasteiger partial charge in [0.25, 0.3) is 0 Å². The van der Waals surface area contributed by atoms with Gasteiger partial charge in [0.15, 0.2) is 0 Å². The Morgan fingerprint density at radius 2 is 1.79 bits per heavy atom. The molecular formula is C14H17. The van der Waals surface area contributed by atoms with Crippen LogP contribution in [0.5, 0.6) is 0 Å². The van der Waals surface area contributed by atoms with Crippen LogP contribution in [0.1, 0.15) is 37.7 Å². The van der Waals surface area contributed by atoms with Gasteiger partial charge in [0.1, 0.15) is 0 Å². The summed E-state index contributed by atoms with van der Waals surface area (Å²) in [5.74, 6) is 0.827. The Hall–Kier alpha value is -1.04. The van der Waals surface area contributed by atoms with Gasteiger partial charge in [-0.15, -0.1) is 0 Å². The fourth-order valence-corrected chi connectivity index (χ4v) is 2.08. The molecule has 0 aliphatic heterocycles. The Labute approximate surface area is 86.7 Å². The molecule has 1 aromatic carbocycles. The average molecular weight is 185 g/mol. The van der Waals surface area contributed by atoms with Gasteiger partial charge in [0.05, 0.1) is 0 Å². The highest BCUT2D eigenvalue weighted by Crippen LogP contribution is 2.25. The van der Waals surface area contributed by atoms with Crippen molar-refractivity contribution in [1.29, 1.82) is 0 Å². The first-order valence-corrected chi connectivity index (χ1v) is 5.59. The van der Waals surface area contributed by atoms with Gasteiger partial charge in [-0.1, -0.05) is 55.7 Å². The quantitative estimate of drug-likeness (QED) is 0.651. The molecule has 1 radical (unpaired) electrons. The second-order valence-electron chi connectivity index (χ2n) is 4.09. The van der Waals surface area contributed by atoms with Crippen LogP contribution in [0.15, 0.2) is 30.3 Å². The Balaban J connectivity index is 1.93. The van der Waals surface area contributed by atoms with E-state index in [1.54, 1.807) is 0 Å². The minimum atomic E-state index is 0.827. The third kappa shape index (κ3) is 2.73. The van der Waals surface area contributed by atoms with Gasteiger partial charge in [-0.25, -0.2) is 0 Å². The molecule has 0 nitrogen and oxygen atoms in total. The number of rotatable bonds is 2. The predicted octanol–water partition coefficient (Wildman–Crippen LogP) is 4.08. The Bertz CT molecular complexity index is 278. The van der Waals surface area contributed by atoms with Crippen LogP contribution in [-0.4, -0.2) is 0 Å². The van der Waals surface area contributed by atoms with Crippen LogP contribution >= 0.6 is 0 Å². The van der Waals surface area contributed by atoms with Crippen molar-refractivity contribution < 1.29 is 0 Å². The Morgan fingerprint density at radius 1 is 1.07 bits per heavy atom. The maximum atomic E-state index is 3.04. The molecule has 0 saturated heterocycles. The minimum Gasteiger partial charge on any atom is -0.0808 e. The maximum absolute atomic E-state index is 3.04. The smallest absolute Gasteiger partial charge is 0.0184 e. The number of allylic oxidation sites excluding steroid dienone is 1. The lowest BCUT2D eigenvalue weighted by atomic mass is 9.89. The molecule has 2 rings (SSSR count). The van der Waals surface area contributed by atoms with Crippen LogP contribution in [0.25, 0.3) is 6.08 Å². The summed E-state index contributed by atoms with van der Waals surface area (Å²) in [5.41, 5.74) is 1.30. The van der Waals surface area contributed by atoms with E-state index in [0.717, 1.165) is 5.92 Å². The molecule has 1 saturated carbocycles. The van der Waals surface area contributed by atoms with Crippen LogP contribution < -0.4 is 0 Å². The molecule has 0 aromatic heterocycles. The third-order valence-corrected chi connectivity index (χ3v) is 2.95. The summed E-state index contributed by atoms with van der Waals surface area (Å²) in [6, 6.07) is 11.2. The van der Waals surface area contributed by atoms with E-state index in [-0.39, 0.29) is 0 Å². The van der Waals surface area contributed by atoms with Crippen molar-refractivity contribution in [2.75, 3.05) is 0 Å². The van der Waals surface area contributed by atoms with Crippen LogP contribution in [0.2, 0.25) is 0 Å². The molecule has 0 heteroatoms. The van der Waals surface area contributed by atoms with E-state index in [1.165, 1.54) is 37.7 Å². The van der Waals surface area contributed by atoms with Gasteiger partial charge >= 0.3 is 0 Å². The molecule has 1 aliphatic carbocycles. The van der Waals surface area contributed by atoms with Gasteiger partial charge < -0.3 is 0 Å². The molecule has 0 atom stereocenters. The van der Waals surface area contributed by atoms with Crippen LogP contribution in [0.3, 0.4) is 0 Å². The predicted molar refractivity (Wildman–Crippen MR) is 60.9 cm³/mol. The fraction of sp³-hybridized carbons (Fsp3) is 0.429. The highest BCUT2D eigenvalue weighted by molar-refractivity contribution is 5.48. The maximum Gasteiger partial charge on any atom is -0.0184 e. The zero-order valence-electron chi connectivity index (χ0n) is 8.58. The normalized spacial score (nSPS) is 18.9. The van der Waals surface area contributed by atoms with E-state index in [2.05, 4.69) is 30.4 Å². The first-order valence-electron chi connectivity index (χ1n) is 5.59. The highest BCUT2D eigenvalue weighted by Gasteiger charge is 2.09. The minimum absolute atomic E-state index is 0.827. The summed E-state index contributed by atoms with van der Waals surface area (Å²) in [6.45, 7) is 0. The van der Waals surface area contributed by atoms with Crippen molar-refractivity contribution in [1.82, 2.24) is 0 Å². The van der Waals surface area contributed by atoms with Gasteiger partial charge in [-0.3, -0.25) is 0 Å². The lowest BCUT2D eigenvalue weighted by Gasteiger charge is -2.17. The lowest BCUT2D eigenvalue weighted by molar-refractivity contribution is 0.420. The Kier molecular flexibility index (Phi) is 3.39. The molecule has 1 aromatic rings. The molecule has 73 valence electrons. The van der Waals surface area contributed by atoms with Gasteiger partial charge in [-0.2, -0.15) is 0 Å². The van der Waals surface area contributed by atoms with Gasteiger partial charge in [-0.05, 0) is 30.4 Å². The van der Waals surface area contributed by atoms with E-state index in [9.17, 15) is 0 Å². The summed E-state index contributed by atoms with van der Waals surface area (Å²) in [5, 5.41) is 0. The topological polar surface area (TPSA) is 0 Å². The van der Waals surface area contributed by atoms with E-state index >= 15 is 0 Å². The molecule has 0 heterocycles. The summed E-state index contributed by atoms with van der Waals surface area (Å²) in [4.78, 5) is 0. The van der Waals surface area contributed by atoms with Crippen LogP contribution in [0, 0.1) is 12.0 Å². The van der Waals surface area contributed by atoms with E-state index in [1.807, 2.05) is 12.1 Å². The van der Waals surface area contributed by atoms with Gasteiger partial charge in [0.2, 0.25) is 0 Å². The van der Waals surface area contributed by atoms with E-state index in [0.29, 0.717) is 0 Å². The van der Waals surface area contributed by atoms with Crippen LogP contribution in [0.4, 0.5) is 0 Å². The van der Waals surface area contributed by atoms with Crippen molar-refractivity contribution in [2.24, 2.45) is 5.92 Å². The monoisotopic (exact) mass is 185 g/mol. The van der Waals surface area contributed by atoms with Crippen molar-refractivity contribution in [3.05, 3.63) is 42.0 Å². The van der Waals surface area contributed by atoms with Crippen molar-refractivity contribution >= 4 is 6.08 Å². The molecule has 0 amide bonds. The zero-order valence-corrected chi connectivity index (χ0v) is 8.58. The molecule has 0 bridgehead atoms. The summed E-state index contributed by atoms with van der Waals surface area (Å²) in [6.07, 6.45) is 11.7. The lowest BCUT2D eigenvalue weighted by Crippen LogP contribution is -2.02. The zero-order chi connectivity index (χ0) is 9.64. The summed E-state index contributed by atoms with van der Waals surface area (Å²) in [7, 11) is 0. The Morgan fingerprint density at radius 3 is 2.50 bits per heavy atom. The number of benzene rings is 1. The third-order valence-electron chi connectivity index (χ3n) is 2.95. The SMILES string of the molecule is [c]1ccc(C=CC2CCCCC2)cc1. The average Bonchev–Trinajstić information content (AvgIpc) is 2.29. The number of hydrogen-bond acceptors (Lipinski definition) is 0. The molecule has 0 spiro atoms. The summed E-state index contributed by atoms with van der Waals surface area (Å²) < 4.78 is 0. The van der Waals surface area contributed by atoms with E-state index in [4.69, 9.17) is 0 Å². The summed E-state index contributed by atoms with van der Waals surface area (Å²) >= 11 is 0. The highest BCUT2D eigenvalue weighted by atomic mass is 14.1. The van der Waals surface area contributed by atoms with Gasteiger partial charge in [0, 0.05) is 0 Å². The second kappa shape index (κ2) is 4.99. The largest absolute Gasteiger partial charge is 0.0808 e. The van der Waals surface area contributed by atoms with Crippen molar-refractivity contribution in [3.63, 3.8) is 0 Å². The molecule has 0 N–H and O–H groups in total. The van der Waals surface area contributed by atoms with Crippen molar-refractivity contribution in [3.8, 4) is 0 Å². The molecular weight excluding hydrogens is 168 g/mol. The van der Waals surface area contributed by atoms with Crippen molar-refractivity contribution in [2.45, 2.75) is 32.1 Å². The fourth-order valence-electron chi connectivity index (χ4n) is 2.08. The first kappa shape index (κ1) is 9.51. The molecule has 1 aliphatic rings. The molecule has 14 heavy (non-hydrogen) atoms. The molecule has 1 fully saturated rings. The van der Waals surface area contributed by atoms with Crippen LogP contribution in [-0.2, 0) is 0 Å². The second-order valence-corrected chi connectivity index (χ2v) is 4.09. The van der Waals surface area contributed by atoms with E-state index < -0.39 is 0 Å².